The first-order valence-corrected chi connectivity index (χ1v) is 10.9. The van der Waals surface area contributed by atoms with Crippen molar-refractivity contribution in [2.24, 2.45) is 0 Å². The molecule has 1 unspecified atom stereocenters. The van der Waals surface area contributed by atoms with Crippen LogP contribution >= 0.6 is 0 Å². The van der Waals surface area contributed by atoms with Crippen molar-refractivity contribution in [1.29, 1.82) is 0 Å². The fourth-order valence-electron chi connectivity index (χ4n) is 3.93. The van der Waals surface area contributed by atoms with Crippen molar-refractivity contribution in [2.45, 2.75) is 19.4 Å². The highest BCUT2D eigenvalue weighted by Gasteiger charge is 2.47. The lowest BCUT2D eigenvalue weighted by molar-refractivity contribution is -0.132. The van der Waals surface area contributed by atoms with Crippen LogP contribution in [-0.4, -0.2) is 30.5 Å². The Labute approximate surface area is 196 Å². The predicted octanol–water partition coefficient (Wildman–Crippen LogP) is 5.25. The van der Waals surface area contributed by atoms with Gasteiger partial charge in [-0.1, -0.05) is 31.2 Å². The monoisotopic (exact) mass is 461 g/mol. The van der Waals surface area contributed by atoms with Crippen molar-refractivity contribution >= 4 is 23.1 Å². The van der Waals surface area contributed by atoms with Crippen molar-refractivity contribution in [3.63, 3.8) is 0 Å². The summed E-state index contributed by atoms with van der Waals surface area (Å²) in [5.74, 6) is -1.68. The Balaban J connectivity index is 1.87. The van der Waals surface area contributed by atoms with Crippen LogP contribution in [0.2, 0.25) is 0 Å². The number of rotatable bonds is 7. The van der Waals surface area contributed by atoms with E-state index in [0.29, 0.717) is 29.4 Å². The maximum Gasteiger partial charge on any atom is 0.300 e. The number of methoxy groups -OCH3 is 1. The molecule has 1 aliphatic heterocycles. The lowest BCUT2D eigenvalue weighted by atomic mass is 9.94. The van der Waals surface area contributed by atoms with E-state index in [1.807, 2.05) is 6.92 Å². The number of aliphatic hydroxyl groups excluding tert-OH is 1. The molecule has 1 atom stereocenters. The van der Waals surface area contributed by atoms with Crippen LogP contribution in [0, 0.1) is 5.82 Å². The second kappa shape index (κ2) is 9.79. The van der Waals surface area contributed by atoms with E-state index in [9.17, 15) is 19.1 Å². The number of aliphatic hydroxyl groups is 1. The molecular formula is C27H24FNO5. The summed E-state index contributed by atoms with van der Waals surface area (Å²) in [5, 5.41) is 11.2. The average Bonchev–Trinajstić information content (AvgIpc) is 3.13. The maximum atomic E-state index is 14.9. The Morgan fingerprint density at radius 3 is 2.41 bits per heavy atom. The van der Waals surface area contributed by atoms with Crippen LogP contribution in [0.4, 0.5) is 10.1 Å². The molecule has 0 radical (unpaired) electrons. The quantitative estimate of drug-likeness (QED) is 0.296. The van der Waals surface area contributed by atoms with Gasteiger partial charge >= 0.3 is 0 Å². The SMILES string of the molecule is CCCOc1ccc(/C(O)=C2\C(=O)C(=O)N(c3cccc(OC)c3)C2c2ccccc2F)cc1. The molecule has 0 aliphatic carbocycles. The summed E-state index contributed by atoms with van der Waals surface area (Å²) in [6, 6.07) is 17.8. The standard InChI is InChI=1S/C27H24FNO5/c1-3-15-34-19-13-11-17(12-14-19)25(30)23-24(21-9-4-5-10-22(21)28)29(27(32)26(23)31)18-7-6-8-20(16-18)33-2/h4-14,16,24,30H,3,15H2,1-2H3/b25-23+. The van der Waals surface area contributed by atoms with Crippen molar-refractivity contribution in [3.8, 4) is 11.5 Å². The summed E-state index contributed by atoms with van der Waals surface area (Å²) in [7, 11) is 1.48. The van der Waals surface area contributed by atoms with Crippen molar-refractivity contribution < 1.29 is 28.6 Å². The Hall–Kier alpha value is -4.13. The van der Waals surface area contributed by atoms with E-state index in [1.165, 1.54) is 30.2 Å². The van der Waals surface area contributed by atoms with Gasteiger partial charge in [-0.2, -0.15) is 0 Å². The molecule has 4 rings (SSSR count). The zero-order chi connectivity index (χ0) is 24.2. The average molecular weight is 461 g/mol. The summed E-state index contributed by atoms with van der Waals surface area (Å²) in [4.78, 5) is 27.5. The number of carbonyl (C=O) groups excluding carboxylic acids is 2. The van der Waals surface area contributed by atoms with Gasteiger partial charge in [0.25, 0.3) is 11.7 Å². The van der Waals surface area contributed by atoms with E-state index in [1.54, 1.807) is 54.6 Å². The van der Waals surface area contributed by atoms with Gasteiger partial charge in [0.1, 0.15) is 23.1 Å². The molecule has 0 spiro atoms. The third-order valence-corrected chi connectivity index (χ3v) is 5.58. The van der Waals surface area contributed by atoms with Crippen LogP contribution in [0.3, 0.4) is 0 Å². The minimum absolute atomic E-state index is 0.0916. The summed E-state index contributed by atoms with van der Waals surface area (Å²) in [6.07, 6.45) is 0.845. The highest BCUT2D eigenvalue weighted by Crippen LogP contribution is 2.43. The molecule has 6 nitrogen and oxygen atoms in total. The van der Waals surface area contributed by atoms with Crippen molar-refractivity contribution in [2.75, 3.05) is 18.6 Å². The summed E-state index contributed by atoms with van der Waals surface area (Å²) in [6.45, 7) is 2.54. The molecule has 0 bridgehead atoms. The molecule has 3 aromatic rings. The largest absolute Gasteiger partial charge is 0.507 e. The van der Waals surface area contributed by atoms with Gasteiger partial charge in [-0.25, -0.2) is 4.39 Å². The molecule has 0 aromatic heterocycles. The zero-order valence-corrected chi connectivity index (χ0v) is 18.8. The third kappa shape index (κ3) is 4.24. The van der Waals surface area contributed by atoms with Crippen LogP contribution in [0.15, 0.2) is 78.4 Å². The molecule has 1 heterocycles. The number of halogens is 1. The topological polar surface area (TPSA) is 76.1 Å². The Morgan fingerprint density at radius 1 is 1.00 bits per heavy atom. The number of amides is 1. The van der Waals surface area contributed by atoms with Crippen LogP contribution in [-0.2, 0) is 9.59 Å². The van der Waals surface area contributed by atoms with Gasteiger partial charge in [-0.05, 0) is 48.9 Å². The summed E-state index contributed by atoms with van der Waals surface area (Å²) < 4.78 is 25.8. The number of hydrogen-bond acceptors (Lipinski definition) is 5. The first-order chi connectivity index (χ1) is 16.5. The van der Waals surface area contributed by atoms with Gasteiger partial charge in [0.05, 0.1) is 25.3 Å². The number of ether oxygens (including phenoxy) is 2. The van der Waals surface area contributed by atoms with Gasteiger partial charge in [-0.3, -0.25) is 14.5 Å². The second-order valence-electron chi connectivity index (χ2n) is 7.76. The molecule has 174 valence electrons. The molecular weight excluding hydrogens is 437 g/mol. The fraction of sp³-hybridized carbons (Fsp3) is 0.185. The molecule has 1 fully saturated rings. The number of carbonyl (C=O) groups is 2. The van der Waals surface area contributed by atoms with Crippen LogP contribution in [0.25, 0.3) is 5.76 Å². The van der Waals surface area contributed by atoms with E-state index < -0.39 is 23.5 Å². The van der Waals surface area contributed by atoms with Crippen molar-refractivity contribution in [3.05, 3.63) is 95.3 Å². The molecule has 3 aromatic carbocycles. The maximum absolute atomic E-state index is 14.9. The van der Waals surface area contributed by atoms with E-state index in [4.69, 9.17) is 9.47 Å². The Kier molecular flexibility index (Phi) is 6.63. The van der Waals surface area contributed by atoms with Gasteiger partial charge < -0.3 is 14.6 Å². The van der Waals surface area contributed by atoms with E-state index in [-0.39, 0.29) is 16.9 Å². The zero-order valence-electron chi connectivity index (χ0n) is 18.8. The number of hydrogen-bond donors (Lipinski definition) is 1. The predicted molar refractivity (Wildman–Crippen MR) is 126 cm³/mol. The van der Waals surface area contributed by atoms with E-state index in [2.05, 4.69) is 0 Å². The molecule has 34 heavy (non-hydrogen) atoms. The van der Waals surface area contributed by atoms with E-state index >= 15 is 0 Å². The second-order valence-corrected chi connectivity index (χ2v) is 7.76. The number of anilines is 1. The normalized spacial score (nSPS) is 17.1. The lowest BCUT2D eigenvalue weighted by Gasteiger charge is -2.26. The van der Waals surface area contributed by atoms with Gasteiger partial charge in [0.15, 0.2) is 0 Å². The van der Waals surface area contributed by atoms with Crippen LogP contribution in [0.1, 0.15) is 30.5 Å². The first kappa shape index (κ1) is 23.0. The van der Waals surface area contributed by atoms with Gasteiger partial charge in [0.2, 0.25) is 0 Å². The Morgan fingerprint density at radius 2 is 1.74 bits per heavy atom. The number of Topliss-reactive ketones (excluding diaryl/α,β-unsaturated/α-hetero) is 1. The lowest BCUT2D eigenvalue weighted by Crippen LogP contribution is -2.29. The fourth-order valence-corrected chi connectivity index (χ4v) is 3.93. The van der Waals surface area contributed by atoms with Gasteiger partial charge in [0, 0.05) is 22.9 Å². The minimum Gasteiger partial charge on any atom is -0.507 e. The highest BCUT2D eigenvalue weighted by atomic mass is 19.1. The first-order valence-electron chi connectivity index (χ1n) is 10.9. The number of benzene rings is 3. The van der Waals surface area contributed by atoms with Gasteiger partial charge in [-0.15, -0.1) is 0 Å². The number of nitrogens with zero attached hydrogens (tertiary/aromatic N) is 1. The highest BCUT2D eigenvalue weighted by molar-refractivity contribution is 6.51. The van der Waals surface area contributed by atoms with Crippen LogP contribution < -0.4 is 14.4 Å². The summed E-state index contributed by atoms with van der Waals surface area (Å²) in [5.41, 5.74) is 0.556. The number of ketones is 1. The molecule has 0 saturated carbocycles. The Bertz CT molecular complexity index is 1250. The summed E-state index contributed by atoms with van der Waals surface area (Å²) >= 11 is 0. The van der Waals surface area contributed by atoms with Crippen LogP contribution in [0.5, 0.6) is 11.5 Å². The molecule has 1 aliphatic rings. The van der Waals surface area contributed by atoms with Crippen molar-refractivity contribution in [1.82, 2.24) is 0 Å². The molecule has 1 amide bonds. The third-order valence-electron chi connectivity index (χ3n) is 5.58. The smallest absolute Gasteiger partial charge is 0.300 e. The molecule has 7 heteroatoms. The van der Waals surface area contributed by atoms with E-state index in [0.717, 1.165) is 6.42 Å². The molecule has 1 N–H and O–H groups in total. The molecule has 1 saturated heterocycles. The minimum atomic E-state index is -1.16.